The first-order valence-electron chi connectivity index (χ1n) is 6.36. The Morgan fingerprint density at radius 2 is 1.94 bits per heavy atom. The molecule has 4 nitrogen and oxygen atoms in total. The van der Waals surface area contributed by atoms with Crippen LogP contribution in [0.5, 0.6) is 0 Å². The molecule has 0 amide bonds. The zero-order valence-corrected chi connectivity index (χ0v) is 12.7. The van der Waals surface area contributed by atoms with Crippen molar-refractivity contribution in [3.63, 3.8) is 0 Å². The van der Waals surface area contributed by atoms with Crippen molar-refractivity contribution >= 4 is 17.4 Å². The summed E-state index contributed by atoms with van der Waals surface area (Å²) in [4.78, 5) is 10.8. The Hall–Kier alpha value is -0.870. The minimum atomic E-state index is 0.532. The van der Waals surface area contributed by atoms with Gasteiger partial charge in [0.2, 0.25) is 0 Å². The second kappa shape index (κ2) is 6.90. The molecule has 0 aliphatic rings. The molecule has 0 fully saturated rings. The fourth-order valence-corrected chi connectivity index (χ4v) is 1.77. The largest absolute Gasteiger partial charge is 0.370 e. The quantitative estimate of drug-likeness (QED) is 0.637. The molecule has 0 unspecified atom stereocenters. The molecular weight excluding hydrogens is 248 g/mol. The van der Waals surface area contributed by atoms with E-state index < -0.39 is 0 Å². The zero-order valence-electron chi connectivity index (χ0n) is 11.9. The second-order valence-electron chi connectivity index (χ2n) is 4.89. The van der Waals surface area contributed by atoms with Crippen molar-refractivity contribution in [1.29, 1.82) is 0 Å². The average Bonchev–Trinajstić information content (AvgIpc) is 2.29. The van der Waals surface area contributed by atoms with E-state index in [1.54, 1.807) is 0 Å². The molecule has 18 heavy (non-hydrogen) atoms. The summed E-state index contributed by atoms with van der Waals surface area (Å²) in [5.74, 6) is 1.55. The highest BCUT2D eigenvalue weighted by molar-refractivity contribution is 6.30. The van der Waals surface area contributed by atoms with E-state index in [0.29, 0.717) is 17.0 Å². The Bertz CT molecular complexity index is 393. The summed E-state index contributed by atoms with van der Waals surface area (Å²) in [5, 5.41) is 3.86. The van der Waals surface area contributed by atoms with Crippen molar-refractivity contribution in [2.75, 3.05) is 25.5 Å². The smallest absolute Gasteiger partial charge is 0.137 e. The van der Waals surface area contributed by atoms with Gasteiger partial charge in [-0.15, -0.1) is 0 Å². The maximum Gasteiger partial charge on any atom is 0.137 e. The van der Waals surface area contributed by atoms with Gasteiger partial charge < -0.3 is 10.2 Å². The third-order valence-electron chi connectivity index (χ3n) is 3.06. The first-order valence-corrected chi connectivity index (χ1v) is 6.74. The number of anilines is 1. The summed E-state index contributed by atoms with van der Waals surface area (Å²) < 4.78 is 0. The van der Waals surface area contributed by atoms with Gasteiger partial charge in [-0.3, -0.25) is 0 Å². The van der Waals surface area contributed by atoms with Crippen LogP contribution in [0.15, 0.2) is 0 Å². The van der Waals surface area contributed by atoms with Crippen LogP contribution in [0.3, 0.4) is 0 Å². The van der Waals surface area contributed by atoms with Gasteiger partial charge in [0.25, 0.3) is 0 Å². The van der Waals surface area contributed by atoms with Crippen LogP contribution in [-0.4, -0.2) is 41.0 Å². The van der Waals surface area contributed by atoms with Gasteiger partial charge in [0.15, 0.2) is 0 Å². The van der Waals surface area contributed by atoms with Crippen LogP contribution >= 0.6 is 11.6 Å². The number of hydrogen-bond donors (Lipinski definition) is 1. The molecule has 1 rings (SSSR count). The normalized spacial score (nSPS) is 11.3. The molecular formula is C13H23ClN4. The summed E-state index contributed by atoms with van der Waals surface area (Å²) in [7, 11) is 2.14. The van der Waals surface area contributed by atoms with Crippen LogP contribution in [0.1, 0.15) is 31.7 Å². The van der Waals surface area contributed by atoms with Crippen molar-refractivity contribution in [3.8, 4) is 0 Å². The number of halogens is 1. The molecule has 0 spiro atoms. The predicted molar refractivity (Wildman–Crippen MR) is 77.4 cm³/mol. The van der Waals surface area contributed by atoms with Crippen LogP contribution in [0.4, 0.5) is 5.82 Å². The monoisotopic (exact) mass is 270 g/mol. The Kier molecular flexibility index (Phi) is 5.82. The molecule has 0 saturated carbocycles. The van der Waals surface area contributed by atoms with Crippen LogP contribution in [0, 0.1) is 13.8 Å². The fraction of sp³-hybridized carbons (Fsp3) is 0.692. The van der Waals surface area contributed by atoms with Gasteiger partial charge >= 0.3 is 0 Å². The molecule has 102 valence electrons. The lowest BCUT2D eigenvalue weighted by Crippen LogP contribution is -2.28. The number of aromatic nitrogens is 2. The Morgan fingerprint density at radius 3 is 2.56 bits per heavy atom. The standard InChI is InChI=1S/C13H23ClN4/c1-9(2)18(5)8-6-7-15-13-10(3)12(14)16-11(4)17-13/h9H,6-8H2,1-5H3,(H,15,16,17). The van der Waals surface area contributed by atoms with E-state index >= 15 is 0 Å². The van der Waals surface area contributed by atoms with Gasteiger partial charge in [-0.25, -0.2) is 9.97 Å². The highest BCUT2D eigenvalue weighted by atomic mass is 35.5. The number of rotatable bonds is 6. The Balaban J connectivity index is 2.45. The van der Waals surface area contributed by atoms with E-state index in [-0.39, 0.29) is 0 Å². The van der Waals surface area contributed by atoms with Crippen LogP contribution in [-0.2, 0) is 0 Å². The van der Waals surface area contributed by atoms with Crippen LogP contribution in [0.2, 0.25) is 5.15 Å². The summed E-state index contributed by atoms with van der Waals surface area (Å²) >= 11 is 6.02. The lowest BCUT2D eigenvalue weighted by molar-refractivity contribution is 0.273. The molecule has 0 aliphatic carbocycles. The van der Waals surface area contributed by atoms with Crippen molar-refractivity contribution in [3.05, 3.63) is 16.5 Å². The molecule has 0 radical (unpaired) electrons. The Morgan fingerprint density at radius 1 is 1.28 bits per heavy atom. The molecule has 1 heterocycles. The lowest BCUT2D eigenvalue weighted by Gasteiger charge is -2.21. The summed E-state index contributed by atoms with van der Waals surface area (Å²) in [5.41, 5.74) is 0.916. The minimum absolute atomic E-state index is 0.532. The van der Waals surface area contributed by atoms with Gasteiger partial charge in [-0.05, 0) is 47.7 Å². The first kappa shape index (κ1) is 15.2. The van der Waals surface area contributed by atoms with E-state index in [0.717, 1.165) is 30.9 Å². The zero-order chi connectivity index (χ0) is 13.7. The highest BCUT2D eigenvalue weighted by Crippen LogP contribution is 2.19. The predicted octanol–water partition coefficient (Wildman–Crippen LogP) is 2.89. The number of hydrogen-bond acceptors (Lipinski definition) is 4. The third kappa shape index (κ3) is 4.42. The van der Waals surface area contributed by atoms with E-state index in [9.17, 15) is 0 Å². The molecule has 1 aromatic heterocycles. The van der Waals surface area contributed by atoms with Gasteiger partial charge in [0, 0.05) is 18.2 Å². The van der Waals surface area contributed by atoms with Crippen molar-refractivity contribution in [2.45, 2.75) is 40.2 Å². The molecule has 0 atom stereocenters. The number of nitrogens with one attached hydrogen (secondary N) is 1. The molecule has 0 aromatic carbocycles. The maximum absolute atomic E-state index is 6.02. The molecule has 0 saturated heterocycles. The van der Waals surface area contributed by atoms with Gasteiger partial charge in [0.1, 0.15) is 16.8 Å². The molecule has 0 bridgehead atoms. The van der Waals surface area contributed by atoms with Crippen LogP contribution in [0.25, 0.3) is 0 Å². The van der Waals surface area contributed by atoms with Gasteiger partial charge in [-0.1, -0.05) is 11.6 Å². The van der Waals surface area contributed by atoms with Crippen LogP contribution < -0.4 is 5.32 Å². The first-order chi connectivity index (χ1) is 8.41. The molecule has 5 heteroatoms. The second-order valence-corrected chi connectivity index (χ2v) is 5.25. The summed E-state index contributed by atoms with van der Waals surface area (Å²) in [6.07, 6.45) is 1.08. The van der Waals surface area contributed by atoms with Crippen molar-refractivity contribution in [1.82, 2.24) is 14.9 Å². The van der Waals surface area contributed by atoms with E-state index in [1.165, 1.54) is 0 Å². The van der Waals surface area contributed by atoms with E-state index in [1.807, 2.05) is 13.8 Å². The van der Waals surface area contributed by atoms with E-state index in [2.05, 4.69) is 41.1 Å². The van der Waals surface area contributed by atoms with Gasteiger partial charge in [0.05, 0.1) is 0 Å². The molecule has 1 N–H and O–H groups in total. The minimum Gasteiger partial charge on any atom is -0.370 e. The highest BCUT2D eigenvalue weighted by Gasteiger charge is 2.07. The molecule has 1 aromatic rings. The summed E-state index contributed by atoms with van der Waals surface area (Å²) in [6, 6.07) is 0.586. The fourth-order valence-electron chi connectivity index (χ4n) is 1.56. The lowest BCUT2D eigenvalue weighted by atomic mass is 10.3. The van der Waals surface area contributed by atoms with Crippen molar-refractivity contribution in [2.24, 2.45) is 0 Å². The maximum atomic E-state index is 6.02. The van der Waals surface area contributed by atoms with E-state index in [4.69, 9.17) is 11.6 Å². The third-order valence-corrected chi connectivity index (χ3v) is 3.43. The topological polar surface area (TPSA) is 41.1 Å². The van der Waals surface area contributed by atoms with Gasteiger partial charge in [-0.2, -0.15) is 0 Å². The number of nitrogens with zero attached hydrogens (tertiary/aromatic N) is 3. The van der Waals surface area contributed by atoms with Crippen molar-refractivity contribution < 1.29 is 0 Å². The number of aryl methyl sites for hydroxylation is 1. The average molecular weight is 271 g/mol. The molecule has 0 aliphatic heterocycles. The Labute approximate surface area is 115 Å². The SMILES string of the molecule is Cc1nc(Cl)c(C)c(NCCCN(C)C(C)C)n1. The summed E-state index contributed by atoms with van der Waals surface area (Å²) in [6.45, 7) is 10.1.